The molecule has 5 heteroatoms. The van der Waals surface area contributed by atoms with E-state index < -0.39 is 0 Å². The van der Waals surface area contributed by atoms with Gasteiger partial charge in [-0.15, -0.1) is 0 Å². The number of fused-ring (bicyclic) bond motifs is 3. The van der Waals surface area contributed by atoms with E-state index >= 15 is 0 Å². The Bertz CT molecular complexity index is 628. The lowest BCUT2D eigenvalue weighted by molar-refractivity contribution is 0.0468. The molecule has 0 aromatic carbocycles. The molecule has 0 aromatic rings. The molecule has 3 saturated heterocycles. The lowest BCUT2D eigenvalue weighted by atomic mass is 9.60. The number of piperidine rings is 2. The molecule has 2 aliphatic carbocycles. The minimum Gasteiger partial charge on any atom is -0.316 e. The van der Waals surface area contributed by atoms with Crippen molar-refractivity contribution in [3.05, 3.63) is 0 Å². The minimum absolute atomic E-state index is 0.167. The maximum atomic E-state index is 9.56. The zero-order chi connectivity index (χ0) is 20.7. The van der Waals surface area contributed by atoms with E-state index in [0.29, 0.717) is 18.0 Å². The fraction of sp³-hybridized carbons (Fsp3) is 0.960. The van der Waals surface area contributed by atoms with E-state index in [4.69, 9.17) is 0 Å². The van der Waals surface area contributed by atoms with Gasteiger partial charge in [0.1, 0.15) is 0 Å². The van der Waals surface area contributed by atoms with E-state index in [2.05, 4.69) is 41.4 Å². The molecule has 7 atom stereocenters. The van der Waals surface area contributed by atoms with E-state index in [9.17, 15) is 5.26 Å². The van der Waals surface area contributed by atoms with Crippen LogP contribution in [0, 0.1) is 52.3 Å². The number of nitriles is 1. The molecule has 5 nitrogen and oxygen atoms in total. The van der Waals surface area contributed by atoms with Crippen LogP contribution in [0.2, 0.25) is 0 Å². The minimum atomic E-state index is -0.167. The zero-order valence-corrected chi connectivity index (χ0v) is 19.1. The van der Waals surface area contributed by atoms with Gasteiger partial charge in [-0.25, -0.2) is 0 Å². The highest BCUT2D eigenvalue weighted by Gasteiger charge is 2.51. The number of hydrogen-bond acceptors (Lipinski definition) is 5. The first-order chi connectivity index (χ1) is 14.6. The number of rotatable bonds is 3. The van der Waals surface area contributed by atoms with E-state index in [-0.39, 0.29) is 5.41 Å². The van der Waals surface area contributed by atoms with Gasteiger partial charge in [-0.05, 0) is 120 Å². The van der Waals surface area contributed by atoms with E-state index in [0.717, 1.165) is 42.2 Å². The summed E-state index contributed by atoms with van der Waals surface area (Å²) in [6, 6.07) is 4.52. The first-order valence-corrected chi connectivity index (χ1v) is 12.9. The largest absolute Gasteiger partial charge is 0.316 e. The van der Waals surface area contributed by atoms with Crippen molar-refractivity contribution in [3.8, 4) is 6.07 Å². The van der Waals surface area contributed by atoms with Gasteiger partial charge in [0.15, 0.2) is 0 Å². The molecule has 0 spiro atoms. The standard InChI is InChI=1S/C25H43N5/c1-25(2,15-26)19-8-5-16(6-9-19)24-23-20-12-17(18-4-3-11-27-13-18)7-10-21(20)28-14-22(23)29-30-24/h16-24,27-30H,3-14H2,1-2H3. The highest BCUT2D eigenvalue weighted by atomic mass is 15.4. The first kappa shape index (κ1) is 21.2. The molecule has 4 N–H and O–H groups in total. The Hall–Kier alpha value is -0.670. The predicted molar refractivity (Wildman–Crippen MR) is 120 cm³/mol. The smallest absolute Gasteiger partial charge is 0.0686 e. The lowest BCUT2D eigenvalue weighted by Gasteiger charge is -2.50. The number of hydrogen-bond donors (Lipinski definition) is 4. The molecule has 30 heavy (non-hydrogen) atoms. The summed E-state index contributed by atoms with van der Waals surface area (Å²) < 4.78 is 0. The van der Waals surface area contributed by atoms with Gasteiger partial charge in [-0.3, -0.25) is 10.9 Å². The molecule has 0 radical (unpaired) electrons. The molecular weight excluding hydrogens is 370 g/mol. The third kappa shape index (κ3) is 3.94. The van der Waals surface area contributed by atoms with Gasteiger partial charge in [-0.1, -0.05) is 0 Å². The second kappa shape index (κ2) is 8.70. The van der Waals surface area contributed by atoms with Crippen molar-refractivity contribution in [2.24, 2.45) is 40.9 Å². The van der Waals surface area contributed by atoms with Crippen LogP contribution in [0.5, 0.6) is 0 Å². The summed E-state index contributed by atoms with van der Waals surface area (Å²) in [5, 5.41) is 17.1. The van der Waals surface area contributed by atoms with Crippen LogP contribution in [0.4, 0.5) is 0 Å². The number of hydrazine groups is 1. The number of nitrogens with one attached hydrogen (secondary N) is 4. The fourth-order valence-corrected chi connectivity index (χ4v) is 8.03. The topological polar surface area (TPSA) is 71.9 Å². The van der Waals surface area contributed by atoms with Gasteiger partial charge in [0.25, 0.3) is 0 Å². The predicted octanol–water partition coefficient (Wildman–Crippen LogP) is 3.19. The first-order valence-electron chi connectivity index (χ1n) is 12.9. The Balaban J connectivity index is 1.26. The summed E-state index contributed by atoms with van der Waals surface area (Å²) >= 11 is 0. The average molecular weight is 414 g/mol. The van der Waals surface area contributed by atoms with Crippen molar-refractivity contribution < 1.29 is 0 Å². The van der Waals surface area contributed by atoms with Gasteiger partial charge in [-0.2, -0.15) is 5.26 Å². The Morgan fingerprint density at radius 3 is 2.37 bits per heavy atom. The summed E-state index contributed by atoms with van der Waals surface area (Å²) in [4.78, 5) is 0. The highest BCUT2D eigenvalue weighted by molar-refractivity contribution is 5.08. The van der Waals surface area contributed by atoms with Crippen molar-refractivity contribution in [2.45, 2.75) is 89.8 Å². The van der Waals surface area contributed by atoms with Crippen LogP contribution in [0.25, 0.3) is 0 Å². The van der Waals surface area contributed by atoms with Crippen LogP contribution in [-0.4, -0.2) is 37.8 Å². The Morgan fingerprint density at radius 2 is 1.63 bits per heavy atom. The maximum absolute atomic E-state index is 9.56. The summed E-state index contributed by atoms with van der Waals surface area (Å²) in [6.45, 7) is 7.89. The third-order valence-corrected chi connectivity index (χ3v) is 9.94. The van der Waals surface area contributed by atoms with Crippen LogP contribution in [0.1, 0.15) is 71.6 Å². The Morgan fingerprint density at radius 1 is 0.833 bits per heavy atom. The molecule has 7 unspecified atom stereocenters. The Kier molecular flexibility index (Phi) is 6.14. The molecule has 168 valence electrons. The molecule has 3 aliphatic heterocycles. The van der Waals surface area contributed by atoms with Crippen molar-refractivity contribution in [2.75, 3.05) is 19.6 Å². The maximum Gasteiger partial charge on any atom is 0.0686 e. The molecule has 5 aliphatic rings. The molecule has 0 bridgehead atoms. The quantitative estimate of drug-likeness (QED) is 0.572. The van der Waals surface area contributed by atoms with Crippen molar-refractivity contribution in [3.63, 3.8) is 0 Å². The summed E-state index contributed by atoms with van der Waals surface area (Å²) in [6.07, 6.45) is 12.1. The van der Waals surface area contributed by atoms with Crippen LogP contribution in [0.15, 0.2) is 0 Å². The van der Waals surface area contributed by atoms with Gasteiger partial charge < -0.3 is 10.6 Å². The lowest BCUT2D eigenvalue weighted by Crippen LogP contribution is -2.59. The van der Waals surface area contributed by atoms with Crippen LogP contribution in [-0.2, 0) is 0 Å². The van der Waals surface area contributed by atoms with Gasteiger partial charge in [0.2, 0.25) is 0 Å². The average Bonchev–Trinajstić information content (AvgIpc) is 3.24. The van der Waals surface area contributed by atoms with E-state index in [1.165, 1.54) is 70.9 Å². The Labute approximate surface area is 183 Å². The van der Waals surface area contributed by atoms with E-state index in [1.54, 1.807) is 0 Å². The highest BCUT2D eigenvalue weighted by Crippen LogP contribution is 2.48. The second-order valence-corrected chi connectivity index (χ2v) is 11.8. The summed E-state index contributed by atoms with van der Waals surface area (Å²) in [7, 11) is 0. The molecule has 3 heterocycles. The normalized spacial score (nSPS) is 47.2. The summed E-state index contributed by atoms with van der Waals surface area (Å²) in [5.74, 6) is 4.78. The van der Waals surface area contributed by atoms with Crippen molar-refractivity contribution in [1.82, 2.24) is 21.5 Å². The van der Waals surface area contributed by atoms with Crippen molar-refractivity contribution in [1.29, 1.82) is 5.26 Å². The van der Waals surface area contributed by atoms with Crippen LogP contribution in [0.3, 0.4) is 0 Å². The van der Waals surface area contributed by atoms with Gasteiger partial charge >= 0.3 is 0 Å². The second-order valence-electron chi connectivity index (χ2n) is 11.8. The van der Waals surface area contributed by atoms with Crippen LogP contribution < -0.4 is 21.5 Å². The zero-order valence-electron chi connectivity index (χ0n) is 19.1. The van der Waals surface area contributed by atoms with Crippen molar-refractivity contribution >= 4 is 0 Å². The molecule has 0 aromatic heterocycles. The number of nitrogens with zero attached hydrogens (tertiary/aromatic N) is 1. The van der Waals surface area contributed by atoms with Gasteiger partial charge in [0, 0.05) is 24.7 Å². The molecular formula is C25H43N5. The third-order valence-electron chi connectivity index (χ3n) is 9.94. The molecule has 2 saturated carbocycles. The molecule has 5 rings (SSSR count). The monoisotopic (exact) mass is 413 g/mol. The van der Waals surface area contributed by atoms with E-state index in [1.807, 2.05) is 0 Å². The van der Waals surface area contributed by atoms with Gasteiger partial charge in [0.05, 0.1) is 11.5 Å². The molecule has 5 fully saturated rings. The summed E-state index contributed by atoms with van der Waals surface area (Å²) in [5.41, 5.74) is 7.34. The SMILES string of the molecule is CC(C)(C#N)C1CCC(C2NNC3CNC4CCC(C5CCCNC5)CC4C32)CC1. The fourth-order valence-electron chi connectivity index (χ4n) is 8.03. The van der Waals surface area contributed by atoms with Crippen LogP contribution >= 0.6 is 0 Å². The molecule has 0 amide bonds.